The highest BCUT2D eigenvalue weighted by atomic mass is 32.1. The van der Waals surface area contributed by atoms with Crippen LogP contribution in [0.4, 0.5) is 0 Å². The molecule has 158 valence electrons. The molecule has 3 aromatic rings. The van der Waals surface area contributed by atoms with Gasteiger partial charge in [0.05, 0.1) is 5.56 Å². The molecule has 0 atom stereocenters. The van der Waals surface area contributed by atoms with Gasteiger partial charge in [0.2, 0.25) is 5.78 Å². The first-order valence-corrected chi connectivity index (χ1v) is 11.5. The minimum absolute atomic E-state index is 0.0464. The van der Waals surface area contributed by atoms with Gasteiger partial charge in [-0.3, -0.25) is 9.69 Å². The van der Waals surface area contributed by atoms with Crippen molar-refractivity contribution in [1.29, 1.82) is 0 Å². The van der Waals surface area contributed by atoms with Crippen LogP contribution in [0.1, 0.15) is 43.9 Å². The van der Waals surface area contributed by atoms with Gasteiger partial charge in [0.1, 0.15) is 18.2 Å². The number of ketones is 1. The molecule has 0 aliphatic carbocycles. The number of allylic oxidation sites excluding steroid dienone is 1. The average Bonchev–Trinajstić information content (AvgIpc) is 3.33. The van der Waals surface area contributed by atoms with E-state index in [2.05, 4.69) is 29.2 Å². The van der Waals surface area contributed by atoms with Crippen molar-refractivity contribution in [3.05, 3.63) is 86.3 Å². The largest absolute Gasteiger partial charge is 0.477 e. The van der Waals surface area contributed by atoms with Crippen LogP contribution in [0.2, 0.25) is 0 Å². The van der Waals surface area contributed by atoms with Crippen molar-refractivity contribution in [2.24, 2.45) is 0 Å². The highest BCUT2D eigenvalue weighted by Crippen LogP contribution is 2.43. The molecule has 1 aromatic heterocycles. The lowest BCUT2D eigenvalue weighted by Gasteiger charge is -2.30. The number of nitrogens with zero attached hydrogens (tertiary/aromatic N) is 1. The summed E-state index contributed by atoms with van der Waals surface area (Å²) in [7, 11) is 0. The predicted octanol–water partition coefficient (Wildman–Crippen LogP) is 5.77. The van der Waals surface area contributed by atoms with Crippen molar-refractivity contribution in [3.63, 3.8) is 0 Å². The maximum atomic E-state index is 13.0. The zero-order chi connectivity index (χ0) is 21.4. The summed E-state index contributed by atoms with van der Waals surface area (Å²) < 4.78 is 12.1. The normalized spacial score (nSPS) is 16.7. The third-order valence-electron chi connectivity index (χ3n) is 5.95. The third kappa shape index (κ3) is 3.91. The summed E-state index contributed by atoms with van der Waals surface area (Å²) in [6.45, 7) is 6.33. The molecule has 0 fully saturated rings. The first-order valence-electron chi connectivity index (χ1n) is 10.6. The number of hydrogen-bond donors (Lipinski definition) is 0. The fourth-order valence-electron chi connectivity index (χ4n) is 4.24. The zero-order valence-corrected chi connectivity index (χ0v) is 18.6. The van der Waals surface area contributed by atoms with Crippen LogP contribution in [-0.4, -0.2) is 24.0 Å². The number of thiophene rings is 1. The summed E-state index contributed by atoms with van der Waals surface area (Å²) in [6.07, 6.45) is 3.98. The molecule has 3 heterocycles. The Bertz CT molecular complexity index is 1160. The number of aryl methyl sites for hydroxylation is 2. The Kier molecular flexibility index (Phi) is 5.38. The fraction of sp³-hybridized carbons (Fsp3) is 0.269. The van der Waals surface area contributed by atoms with E-state index in [0.29, 0.717) is 23.8 Å². The van der Waals surface area contributed by atoms with Gasteiger partial charge < -0.3 is 9.47 Å². The molecule has 5 heteroatoms. The number of ether oxygens (including phenoxy) is 2. The van der Waals surface area contributed by atoms with Gasteiger partial charge in [0, 0.05) is 35.2 Å². The summed E-state index contributed by atoms with van der Waals surface area (Å²) in [5.74, 6) is 1.85. The van der Waals surface area contributed by atoms with Gasteiger partial charge in [0.15, 0.2) is 5.76 Å². The number of Topliss-reactive ketones (excluding diaryl/α,β-unsaturated/α-hetero) is 1. The second-order valence-corrected chi connectivity index (χ2v) is 9.14. The Hall–Kier alpha value is -2.89. The second kappa shape index (κ2) is 8.33. The molecular weight excluding hydrogens is 406 g/mol. The fourth-order valence-corrected chi connectivity index (χ4v) is 5.09. The van der Waals surface area contributed by atoms with Crippen molar-refractivity contribution in [2.45, 2.75) is 33.2 Å². The molecular formula is C26H25NO3S. The average molecular weight is 432 g/mol. The van der Waals surface area contributed by atoms with Gasteiger partial charge >= 0.3 is 0 Å². The number of carbonyl (C=O) groups is 1. The van der Waals surface area contributed by atoms with Crippen LogP contribution >= 0.6 is 11.3 Å². The van der Waals surface area contributed by atoms with Crippen LogP contribution in [0.15, 0.2) is 53.6 Å². The van der Waals surface area contributed by atoms with Gasteiger partial charge in [-0.15, -0.1) is 11.3 Å². The lowest BCUT2D eigenvalue weighted by molar-refractivity contribution is 0.0932. The zero-order valence-electron chi connectivity index (χ0n) is 17.8. The highest BCUT2D eigenvalue weighted by molar-refractivity contribution is 7.11. The second-order valence-electron chi connectivity index (χ2n) is 8.19. The molecule has 0 bridgehead atoms. The summed E-state index contributed by atoms with van der Waals surface area (Å²) in [4.78, 5) is 16.4. The van der Waals surface area contributed by atoms with Crippen molar-refractivity contribution in [2.75, 3.05) is 13.3 Å². The number of carbonyl (C=O) groups excluding carboxylic acids is 1. The van der Waals surface area contributed by atoms with E-state index >= 15 is 0 Å². The minimum atomic E-state index is -0.0464. The van der Waals surface area contributed by atoms with E-state index in [1.807, 2.05) is 43.5 Å². The van der Waals surface area contributed by atoms with E-state index in [0.717, 1.165) is 53.2 Å². The number of rotatable bonds is 5. The Morgan fingerprint density at radius 3 is 2.74 bits per heavy atom. The highest BCUT2D eigenvalue weighted by Gasteiger charge is 2.33. The molecule has 2 aliphatic heterocycles. The molecule has 0 spiro atoms. The first kappa shape index (κ1) is 20.0. The molecule has 0 saturated heterocycles. The lowest BCUT2D eigenvalue weighted by atomic mass is 10.00. The summed E-state index contributed by atoms with van der Waals surface area (Å²) in [6, 6.07) is 14.6. The standard InChI is InChI=1S/C26H25NO3S/c1-17-10-12-31-23(17)14-22-24(28)21-13-20-15-27(11-6-9-19-7-4-3-5-8-19)16-29-25(20)18(2)26(21)30-22/h3-5,7-8,10,12-14H,6,9,11,15-16H2,1-2H3/b22-14-. The Balaban J connectivity index is 1.32. The Labute approximate surface area is 186 Å². The van der Waals surface area contributed by atoms with Crippen LogP contribution < -0.4 is 9.47 Å². The van der Waals surface area contributed by atoms with E-state index in [1.54, 1.807) is 11.3 Å². The molecule has 0 unspecified atom stereocenters. The molecule has 2 aromatic carbocycles. The number of hydrogen-bond acceptors (Lipinski definition) is 5. The van der Waals surface area contributed by atoms with Gasteiger partial charge in [-0.2, -0.15) is 0 Å². The monoisotopic (exact) mass is 431 g/mol. The third-order valence-corrected chi connectivity index (χ3v) is 6.91. The molecule has 31 heavy (non-hydrogen) atoms. The van der Waals surface area contributed by atoms with Crippen LogP contribution in [0, 0.1) is 13.8 Å². The van der Waals surface area contributed by atoms with Crippen molar-refractivity contribution in [1.82, 2.24) is 4.90 Å². The van der Waals surface area contributed by atoms with E-state index in [9.17, 15) is 4.79 Å². The number of benzene rings is 2. The SMILES string of the molecule is Cc1ccsc1/C=C1\Oc2c(cc3c(c2C)OCN(CCCc2ccccc2)C3)C1=O. The van der Waals surface area contributed by atoms with Gasteiger partial charge in [-0.1, -0.05) is 30.3 Å². The quantitative estimate of drug-likeness (QED) is 0.481. The van der Waals surface area contributed by atoms with Crippen molar-refractivity contribution in [3.8, 4) is 11.5 Å². The molecule has 0 amide bonds. The van der Waals surface area contributed by atoms with Crippen molar-refractivity contribution < 1.29 is 14.3 Å². The van der Waals surface area contributed by atoms with Crippen LogP contribution in [0.25, 0.3) is 6.08 Å². The lowest BCUT2D eigenvalue weighted by Crippen LogP contribution is -2.33. The van der Waals surface area contributed by atoms with E-state index < -0.39 is 0 Å². The van der Waals surface area contributed by atoms with E-state index in [-0.39, 0.29) is 5.78 Å². The molecule has 0 N–H and O–H groups in total. The first-order chi connectivity index (χ1) is 15.1. The molecule has 0 saturated carbocycles. The maximum absolute atomic E-state index is 13.0. The van der Waals surface area contributed by atoms with Crippen LogP contribution in [0.3, 0.4) is 0 Å². The number of fused-ring (bicyclic) bond motifs is 2. The molecule has 0 radical (unpaired) electrons. The van der Waals surface area contributed by atoms with Crippen molar-refractivity contribution >= 4 is 23.2 Å². The summed E-state index contributed by atoms with van der Waals surface area (Å²) in [5, 5.41) is 2.03. The van der Waals surface area contributed by atoms with E-state index in [4.69, 9.17) is 9.47 Å². The van der Waals surface area contributed by atoms with E-state index in [1.165, 1.54) is 5.56 Å². The Morgan fingerprint density at radius 2 is 1.97 bits per heavy atom. The maximum Gasteiger partial charge on any atom is 0.232 e. The molecule has 4 nitrogen and oxygen atoms in total. The minimum Gasteiger partial charge on any atom is -0.477 e. The van der Waals surface area contributed by atoms with Crippen LogP contribution in [0.5, 0.6) is 11.5 Å². The predicted molar refractivity (Wildman–Crippen MR) is 124 cm³/mol. The topological polar surface area (TPSA) is 38.8 Å². The smallest absolute Gasteiger partial charge is 0.232 e. The van der Waals surface area contributed by atoms with Gasteiger partial charge in [-0.05, 0) is 55.3 Å². The Morgan fingerprint density at radius 1 is 1.13 bits per heavy atom. The summed E-state index contributed by atoms with van der Waals surface area (Å²) in [5.41, 5.74) is 5.13. The molecule has 2 aliphatic rings. The molecule has 5 rings (SSSR count). The van der Waals surface area contributed by atoms with Gasteiger partial charge in [0.25, 0.3) is 0 Å². The summed E-state index contributed by atoms with van der Waals surface area (Å²) >= 11 is 1.61. The van der Waals surface area contributed by atoms with Gasteiger partial charge in [-0.25, -0.2) is 0 Å². The van der Waals surface area contributed by atoms with Crippen LogP contribution in [-0.2, 0) is 13.0 Å².